The Bertz CT molecular complexity index is 571. The standard InChI is InChI=1S/C13H15BrClN3O/c1-9-7-10(3-4-11(9)15)13-17-16-12(8-14)18(13)5-6-19-2/h3-4,7H,5-6,8H2,1-2H3. The summed E-state index contributed by atoms with van der Waals surface area (Å²) in [6.45, 7) is 3.33. The van der Waals surface area contributed by atoms with E-state index in [1.165, 1.54) is 0 Å². The Hall–Kier alpha value is -0.910. The second kappa shape index (κ2) is 6.50. The molecule has 4 nitrogen and oxygen atoms in total. The number of alkyl halides is 1. The molecular weight excluding hydrogens is 330 g/mol. The molecule has 1 heterocycles. The summed E-state index contributed by atoms with van der Waals surface area (Å²) in [5.41, 5.74) is 2.04. The third-order valence-electron chi connectivity index (χ3n) is 2.88. The molecule has 0 N–H and O–H groups in total. The van der Waals surface area contributed by atoms with Crippen molar-refractivity contribution in [1.82, 2.24) is 14.8 Å². The summed E-state index contributed by atoms with van der Waals surface area (Å²) in [6.07, 6.45) is 0. The summed E-state index contributed by atoms with van der Waals surface area (Å²) in [7, 11) is 1.68. The maximum absolute atomic E-state index is 6.05. The Morgan fingerprint density at radius 3 is 2.79 bits per heavy atom. The van der Waals surface area contributed by atoms with Crippen LogP contribution in [-0.2, 0) is 16.6 Å². The number of methoxy groups -OCH3 is 1. The fourth-order valence-corrected chi connectivity index (χ4v) is 2.38. The monoisotopic (exact) mass is 343 g/mol. The fraction of sp³-hybridized carbons (Fsp3) is 0.385. The summed E-state index contributed by atoms with van der Waals surface area (Å²) in [5.74, 6) is 1.73. The molecule has 1 aromatic heterocycles. The Labute approximate surface area is 125 Å². The van der Waals surface area contributed by atoms with Gasteiger partial charge in [-0.3, -0.25) is 0 Å². The molecule has 1 aromatic carbocycles. The van der Waals surface area contributed by atoms with Crippen molar-refractivity contribution in [2.24, 2.45) is 0 Å². The number of benzene rings is 1. The number of rotatable bonds is 5. The molecule has 0 radical (unpaired) electrons. The van der Waals surface area contributed by atoms with Gasteiger partial charge in [0.25, 0.3) is 0 Å². The first-order valence-corrected chi connectivity index (χ1v) is 7.40. The maximum Gasteiger partial charge on any atom is 0.164 e. The molecule has 0 spiro atoms. The number of halogens is 2. The van der Waals surface area contributed by atoms with Crippen LogP contribution in [0.4, 0.5) is 0 Å². The Kier molecular flexibility index (Phi) is 4.96. The van der Waals surface area contributed by atoms with Crippen molar-refractivity contribution in [2.45, 2.75) is 18.8 Å². The first-order valence-electron chi connectivity index (χ1n) is 5.91. The molecule has 0 bridgehead atoms. The first-order chi connectivity index (χ1) is 9.17. The van der Waals surface area contributed by atoms with E-state index in [0.29, 0.717) is 11.9 Å². The lowest BCUT2D eigenvalue weighted by Crippen LogP contribution is -2.09. The number of ether oxygens (including phenoxy) is 1. The van der Waals surface area contributed by atoms with Crippen LogP contribution in [0.3, 0.4) is 0 Å². The largest absolute Gasteiger partial charge is 0.383 e. The normalized spacial score (nSPS) is 10.9. The van der Waals surface area contributed by atoms with E-state index < -0.39 is 0 Å². The molecule has 0 amide bonds. The molecule has 0 aliphatic heterocycles. The maximum atomic E-state index is 6.05. The van der Waals surface area contributed by atoms with Crippen LogP contribution in [0.25, 0.3) is 11.4 Å². The van der Waals surface area contributed by atoms with Gasteiger partial charge < -0.3 is 9.30 Å². The lowest BCUT2D eigenvalue weighted by molar-refractivity contribution is 0.187. The molecule has 0 atom stereocenters. The smallest absolute Gasteiger partial charge is 0.164 e. The number of hydrogen-bond acceptors (Lipinski definition) is 3. The Morgan fingerprint density at radius 1 is 1.37 bits per heavy atom. The van der Waals surface area contributed by atoms with E-state index in [2.05, 4.69) is 30.7 Å². The third kappa shape index (κ3) is 3.16. The second-order valence-corrected chi connectivity index (χ2v) is 5.15. The lowest BCUT2D eigenvalue weighted by Gasteiger charge is -2.09. The highest BCUT2D eigenvalue weighted by Gasteiger charge is 2.13. The van der Waals surface area contributed by atoms with Gasteiger partial charge in [0.15, 0.2) is 5.82 Å². The van der Waals surface area contributed by atoms with Gasteiger partial charge in [-0.15, -0.1) is 10.2 Å². The average Bonchev–Trinajstić information content (AvgIpc) is 2.82. The molecule has 0 unspecified atom stereocenters. The first kappa shape index (κ1) is 14.5. The summed E-state index contributed by atoms with van der Waals surface area (Å²) in [5, 5.41) is 9.88. The lowest BCUT2D eigenvalue weighted by atomic mass is 10.1. The quantitative estimate of drug-likeness (QED) is 0.780. The molecule has 19 heavy (non-hydrogen) atoms. The molecule has 0 saturated heterocycles. The van der Waals surface area contributed by atoms with Crippen LogP contribution < -0.4 is 0 Å². The van der Waals surface area contributed by atoms with Crippen molar-refractivity contribution in [3.05, 3.63) is 34.6 Å². The highest BCUT2D eigenvalue weighted by molar-refractivity contribution is 9.08. The van der Waals surface area contributed by atoms with Gasteiger partial charge in [0.2, 0.25) is 0 Å². The average molecular weight is 345 g/mol. The Balaban J connectivity index is 2.42. The van der Waals surface area contributed by atoms with Crippen LogP contribution in [0.2, 0.25) is 5.02 Å². The van der Waals surface area contributed by atoms with Crippen LogP contribution in [0.1, 0.15) is 11.4 Å². The van der Waals surface area contributed by atoms with Crippen LogP contribution in [0.15, 0.2) is 18.2 Å². The zero-order valence-electron chi connectivity index (χ0n) is 10.9. The molecule has 0 aliphatic carbocycles. The molecule has 0 fully saturated rings. The van der Waals surface area contributed by atoms with Gasteiger partial charge in [0, 0.05) is 24.2 Å². The van der Waals surface area contributed by atoms with Crippen LogP contribution in [0.5, 0.6) is 0 Å². The van der Waals surface area contributed by atoms with Crippen LogP contribution in [-0.4, -0.2) is 28.5 Å². The van der Waals surface area contributed by atoms with E-state index >= 15 is 0 Å². The summed E-state index contributed by atoms with van der Waals surface area (Å²) < 4.78 is 7.19. The van der Waals surface area contributed by atoms with Crippen molar-refractivity contribution in [3.63, 3.8) is 0 Å². The molecule has 0 aliphatic rings. The molecular formula is C13H15BrClN3O. The van der Waals surface area contributed by atoms with Gasteiger partial charge in [-0.25, -0.2) is 0 Å². The summed E-state index contributed by atoms with van der Waals surface area (Å²) in [4.78, 5) is 0. The van der Waals surface area contributed by atoms with Crippen molar-refractivity contribution < 1.29 is 4.74 Å². The summed E-state index contributed by atoms with van der Waals surface area (Å²) in [6, 6.07) is 5.86. The molecule has 0 saturated carbocycles. The van der Waals surface area contributed by atoms with E-state index in [4.69, 9.17) is 16.3 Å². The molecule has 2 aromatic rings. The van der Waals surface area contributed by atoms with Crippen molar-refractivity contribution >= 4 is 27.5 Å². The summed E-state index contributed by atoms with van der Waals surface area (Å²) >= 11 is 9.48. The zero-order valence-corrected chi connectivity index (χ0v) is 13.2. The minimum absolute atomic E-state index is 0.623. The van der Waals surface area contributed by atoms with Gasteiger partial charge in [0.05, 0.1) is 11.9 Å². The van der Waals surface area contributed by atoms with Gasteiger partial charge in [-0.1, -0.05) is 27.5 Å². The van der Waals surface area contributed by atoms with Gasteiger partial charge >= 0.3 is 0 Å². The number of hydrogen-bond donors (Lipinski definition) is 0. The van der Waals surface area contributed by atoms with E-state index in [1.54, 1.807) is 7.11 Å². The highest BCUT2D eigenvalue weighted by atomic mass is 79.9. The van der Waals surface area contributed by atoms with Crippen LogP contribution >= 0.6 is 27.5 Å². The zero-order chi connectivity index (χ0) is 13.8. The molecule has 6 heteroatoms. The van der Waals surface area contributed by atoms with E-state index in [9.17, 15) is 0 Å². The van der Waals surface area contributed by atoms with E-state index in [0.717, 1.165) is 34.3 Å². The highest BCUT2D eigenvalue weighted by Crippen LogP contribution is 2.24. The predicted octanol–water partition coefficient (Wildman–Crippen LogP) is 3.45. The fourth-order valence-electron chi connectivity index (χ4n) is 1.85. The minimum atomic E-state index is 0.623. The number of aryl methyl sites for hydroxylation is 1. The topological polar surface area (TPSA) is 39.9 Å². The van der Waals surface area contributed by atoms with Crippen molar-refractivity contribution in [2.75, 3.05) is 13.7 Å². The van der Waals surface area contributed by atoms with Gasteiger partial charge in [0.1, 0.15) is 5.82 Å². The van der Waals surface area contributed by atoms with Crippen molar-refractivity contribution in [3.8, 4) is 11.4 Å². The number of nitrogens with zero attached hydrogens (tertiary/aromatic N) is 3. The van der Waals surface area contributed by atoms with Gasteiger partial charge in [-0.2, -0.15) is 0 Å². The molecule has 102 valence electrons. The van der Waals surface area contributed by atoms with E-state index in [-0.39, 0.29) is 0 Å². The third-order valence-corrected chi connectivity index (χ3v) is 3.81. The van der Waals surface area contributed by atoms with Crippen molar-refractivity contribution in [1.29, 1.82) is 0 Å². The van der Waals surface area contributed by atoms with E-state index in [1.807, 2.05) is 25.1 Å². The second-order valence-electron chi connectivity index (χ2n) is 4.18. The SMILES string of the molecule is COCCn1c(CBr)nnc1-c1ccc(Cl)c(C)c1. The Morgan fingerprint density at radius 2 is 2.16 bits per heavy atom. The number of aromatic nitrogens is 3. The molecule has 2 rings (SSSR count). The van der Waals surface area contributed by atoms with Crippen LogP contribution in [0, 0.1) is 6.92 Å². The van der Waals surface area contributed by atoms with Gasteiger partial charge in [-0.05, 0) is 30.7 Å². The minimum Gasteiger partial charge on any atom is -0.383 e. The predicted molar refractivity (Wildman–Crippen MR) is 79.7 cm³/mol.